The highest BCUT2D eigenvalue weighted by Gasteiger charge is 2.46. The first kappa shape index (κ1) is 11.4. The van der Waals surface area contributed by atoms with Crippen LogP contribution in [0.15, 0.2) is 0 Å². The number of hydrogen-bond donors (Lipinski definition) is 3. The van der Waals surface area contributed by atoms with Gasteiger partial charge in [-0.3, -0.25) is 0 Å². The van der Waals surface area contributed by atoms with Gasteiger partial charge in [0.1, 0.15) is 18.3 Å². The topological polar surface area (TPSA) is 96.2 Å². The van der Waals surface area contributed by atoms with E-state index in [0.717, 1.165) is 0 Å². The Kier molecular flexibility index (Phi) is 3.43. The molecule has 0 bridgehead atoms. The molecule has 0 aromatic rings. The zero-order valence-electron chi connectivity index (χ0n) is 7.95. The van der Waals surface area contributed by atoms with Crippen LogP contribution in [0.1, 0.15) is 6.92 Å². The normalized spacial score (nSPS) is 43.6. The molecule has 1 heterocycles. The van der Waals surface area contributed by atoms with Crippen LogP contribution in [0, 0.1) is 0 Å². The van der Waals surface area contributed by atoms with Crippen molar-refractivity contribution in [2.24, 2.45) is 0 Å². The maximum atomic E-state index is 10.7. The number of aliphatic hydroxyl groups is 2. The molecule has 0 aromatic heterocycles. The fourth-order valence-electron chi connectivity index (χ4n) is 1.52. The maximum absolute atomic E-state index is 10.7. The van der Waals surface area contributed by atoms with E-state index in [-0.39, 0.29) is 0 Å². The molecule has 0 aliphatic carbocycles. The van der Waals surface area contributed by atoms with Crippen LogP contribution in [-0.4, -0.2) is 58.9 Å². The second-order valence-electron chi connectivity index (χ2n) is 3.28. The van der Waals surface area contributed by atoms with Crippen LogP contribution in [0.25, 0.3) is 0 Å². The number of methoxy groups -OCH3 is 1. The quantitative estimate of drug-likeness (QED) is 0.514. The fraction of sp³-hybridized carbons (Fsp3) is 0.875. The van der Waals surface area contributed by atoms with Crippen LogP contribution in [-0.2, 0) is 14.3 Å². The van der Waals surface area contributed by atoms with Crippen molar-refractivity contribution in [1.82, 2.24) is 0 Å². The number of carboxylic acid groups (broad SMARTS) is 1. The first-order valence-corrected chi connectivity index (χ1v) is 4.26. The van der Waals surface area contributed by atoms with Crippen molar-refractivity contribution in [3.8, 4) is 0 Å². The summed E-state index contributed by atoms with van der Waals surface area (Å²) >= 11 is 0. The molecule has 0 spiro atoms. The summed E-state index contributed by atoms with van der Waals surface area (Å²) in [5.41, 5.74) is 0. The summed E-state index contributed by atoms with van der Waals surface area (Å²) in [7, 11) is 1.30. The zero-order chi connectivity index (χ0) is 10.9. The van der Waals surface area contributed by atoms with Crippen LogP contribution < -0.4 is 0 Å². The van der Waals surface area contributed by atoms with Gasteiger partial charge in [-0.05, 0) is 6.92 Å². The smallest absolute Gasteiger partial charge is 0.335 e. The van der Waals surface area contributed by atoms with Gasteiger partial charge < -0.3 is 24.8 Å². The Hall–Kier alpha value is -0.690. The van der Waals surface area contributed by atoms with Crippen molar-refractivity contribution in [2.75, 3.05) is 7.11 Å². The molecule has 1 aliphatic rings. The van der Waals surface area contributed by atoms with Gasteiger partial charge in [0.2, 0.25) is 0 Å². The van der Waals surface area contributed by atoms with Crippen molar-refractivity contribution in [3.05, 3.63) is 0 Å². The lowest BCUT2D eigenvalue weighted by atomic mass is 9.95. The molecular formula is C8H14O6. The monoisotopic (exact) mass is 206 g/mol. The fourth-order valence-corrected chi connectivity index (χ4v) is 1.52. The van der Waals surface area contributed by atoms with Crippen molar-refractivity contribution >= 4 is 5.97 Å². The average Bonchev–Trinajstić information content (AvgIpc) is 2.12. The summed E-state index contributed by atoms with van der Waals surface area (Å²) in [5, 5.41) is 27.7. The first-order chi connectivity index (χ1) is 6.49. The van der Waals surface area contributed by atoms with Gasteiger partial charge in [0, 0.05) is 7.11 Å². The number of ether oxygens (including phenoxy) is 2. The zero-order valence-corrected chi connectivity index (χ0v) is 7.95. The molecule has 5 atom stereocenters. The minimum Gasteiger partial charge on any atom is -0.479 e. The molecule has 3 unspecified atom stereocenters. The molecule has 1 aliphatic heterocycles. The van der Waals surface area contributed by atoms with Gasteiger partial charge in [0.15, 0.2) is 6.10 Å². The van der Waals surface area contributed by atoms with Crippen molar-refractivity contribution in [2.45, 2.75) is 37.4 Å². The highest BCUT2D eigenvalue weighted by Crippen LogP contribution is 2.22. The molecule has 1 rings (SSSR count). The van der Waals surface area contributed by atoms with E-state index >= 15 is 0 Å². The number of aliphatic hydroxyl groups excluding tert-OH is 2. The van der Waals surface area contributed by atoms with E-state index in [1.54, 1.807) is 0 Å². The van der Waals surface area contributed by atoms with E-state index in [2.05, 4.69) is 0 Å². The molecule has 3 N–H and O–H groups in total. The molecular weight excluding hydrogens is 192 g/mol. The Balaban J connectivity index is 2.80. The van der Waals surface area contributed by atoms with Crippen LogP contribution >= 0.6 is 0 Å². The van der Waals surface area contributed by atoms with Gasteiger partial charge in [0.05, 0.1) is 6.10 Å². The van der Waals surface area contributed by atoms with E-state index in [1.807, 2.05) is 0 Å². The summed E-state index contributed by atoms with van der Waals surface area (Å²) in [5.74, 6) is -1.27. The average molecular weight is 206 g/mol. The SMILES string of the molecule is CO[C@@H]1C(O)C(C)OC(C(=O)O)[C@@H]1O. The highest BCUT2D eigenvalue weighted by atomic mass is 16.6. The molecule has 1 saturated heterocycles. The molecule has 1 fully saturated rings. The van der Waals surface area contributed by atoms with E-state index in [0.29, 0.717) is 0 Å². The molecule has 82 valence electrons. The van der Waals surface area contributed by atoms with E-state index in [9.17, 15) is 15.0 Å². The van der Waals surface area contributed by atoms with Gasteiger partial charge in [-0.1, -0.05) is 0 Å². The van der Waals surface area contributed by atoms with Gasteiger partial charge in [-0.25, -0.2) is 4.79 Å². The molecule has 6 nitrogen and oxygen atoms in total. The van der Waals surface area contributed by atoms with Crippen molar-refractivity contribution in [3.63, 3.8) is 0 Å². The summed E-state index contributed by atoms with van der Waals surface area (Å²) in [6.45, 7) is 1.53. The van der Waals surface area contributed by atoms with Gasteiger partial charge in [0.25, 0.3) is 0 Å². The molecule has 6 heteroatoms. The highest BCUT2D eigenvalue weighted by molar-refractivity contribution is 5.73. The predicted octanol–water partition coefficient (Wildman–Crippen LogP) is -1.40. The lowest BCUT2D eigenvalue weighted by Gasteiger charge is -2.39. The Morgan fingerprint density at radius 1 is 1.36 bits per heavy atom. The maximum Gasteiger partial charge on any atom is 0.335 e. The van der Waals surface area contributed by atoms with Gasteiger partial charge >= 0.3 is 5.97 Å². The molecule has 14 heavy (non-hydrogen) atoms. The first-order valence-electron chi connectivity index (χ1n) is 4.26. The molecule has 0 radical (unpaired) electrons. The molecule has 0 amide bonds. The van der Waals surface area contributed by atoms with Crippen LogP contribution in [0.4, 0.5) is 0 Å². The van der Waals surface area contributed by atoms with Gasteiger partial charge in [-0.2, -0.15) is 0 Å². The van der Waals surface area contributed by atoms with Gasteiger partial charge in [-0.15, -0.1) is 0 Å². The minimum atomic E-state index is -1.36. The third-order valence-electron chi connectivity index (χ3n) is 2.34. The van der Waals surface area contributed by atoms with Crippen molar-refractivity contribution in [1.29, 1.82) is 0 Å². The molecule has 0 aromatic carbocycles. The molecule has 0 saturated carbocycles. The Morgan fingerprint density at radius 3 is 2.36 bits per heavy atom. The second-order valence-corrected chi connectivity index (χ2v) is 3.28. The number of aliphatic carboxylic acids is 1. The number of rotatable bonds is 2. The second kappa shape index (κ2) is 4.22. The number of carboxylic acids is 1. The Morgan fingerprint density at radius 2 is 1.93 bits per heavy atom. The lowest BCUT2D eigenvalue weighted by molar-refractivity contribution is -0.229. The van der Waals surface area contributed by atoms with Crippen molar-refractivity contribution < 1.29 is 29.6 Å². The number of carbonyl (C=O) groups is 1. The summed E-state index contributed by atoms with van der Waals surface area (Å²) < 4.78 is 9.75. The third kappa shape index (κ3) is 1.88. The lowest BCUT2D eigenvalue weighted by Crippen LogP contribution is -2.59. The van der Waals surface area contributed by atoms with Crippen LogP contribution in [0.5, 0.6) is 0 Å². The van der Waals surface area contributed by atoms with Crippen LogP contribution in [0.2, 0.25) is 0 Å². The van der Waals surface area contributed by atoms with Crippen LogP contribution in [0.3, 0.4) is 0 Å². The number of hydrogen-bond acceptors (Lipinski definition) is 5. The summed E-state index contributed by atoms with van der Waals surface area (Å²) in [6, 6.07) is 0. The minimum absolute atomic E-state index is 0.676. The summed E-state index contributed by atoms with van der Waals surface area (Å²) in [4.78, 5) is 10.7. The van der Waals surface area contributed by atoms with E-state index in [4.69, 9.17) is 14.6 Å². The largest absolute Gasteiger partial charge is 0.479 e. The van der Waals surface area contributed by atoms with E-state index in [1.165, 1.54) is 14.0 Å². The standard InChI is InChI=1S/C8H14O6/c1-3-4(9)6(13-2)5(10)7(14-3)8(11)12/h3-7,9-10H,1-2H3,(H,11,12)/t3?,4?,5-,6-,7?/m1/s1. The Bertz CT molecular complexity index is 218. The summed E-state index contributed by atoms with van der Waals surface area (Å²) in [6.07, 6.45) is -5.34. The predicted molar refractivity (Wildman–Crippen MR) is 44.8 cm³/mol. The van der Waals surface area contributed by atoms with E-state index < -0.39 is 36.5 Å². The third-order valence-corrected chi connectivity index (χ3v) is 2.34. The Labute approximate surface area is 81.1 Å².